The molecule has 0 amide bonds. The van der Waals surface area contributed by atoms with Crippen molar-refractivity contribution in [1.82, 2.24) is 0 Å². The molecule has 0 heterocycles. The van der Waals surface area contributed by atoms with Gasteiger partial charge in [-0.1, -0.05) is 24.3 Å². The van der Waals surface area contributed by atoms with Crippen molar-refractivity contribution >= 4 is 5.97 Å². The Morgan fingerprint density at radius 2 is 1.15 bits per heavy atom. The van der Waals surface area contributed by atoms with Crippen LogP contribution in [0.15, 0.2) is 24.3 Å². The monoisotopic (exact) mass is 270 g/mol. The number of rotatable bonds is 0. The number of carbonyl (C=O) groups excluding carboxylic acids is 1. The molecule has 1 rings (SSSR count). The van der Waals surface area contributed by atoms with E-state index in [1.165, 1.54) is 25.7 Å². The third kappa shape index (κ3) is 18.5. The summed E-state index contributed by atoms with van der Waals surface area (Å²) in [7, 11) is 0. The molecule has 0 N–H and O–H groups in total. The van der Waals surface area contributed by atoms with Gasteiger partial charge in [0.2, 0.25) is 0 Å². The fourth-order valence-electron chi connectivity index (χ4n) is 0.856. The van der Waals surface area contributed by atoms with Gasteiger partial charge in [0.15, 0.2) is 0 Å². The van der Waals surface area contributed by atoms with Gasteiger partial charge in [0.1, 0.15) is 0 Å². The van der Waals surface area contributed by atoms with Crippen LogP contribution in [0.25, 0.3) is 0 Å². The van der Waals surface area contributed by atoms with E-state index in [0.717, 1.165) is 6.92 Å². The summed E-state index contributed by atoms with van der Waals surface area (Å²) in [6.45, 7) is 0.972. The third-order valence-electron chi connectivity index (χ3n) is 1.33. The Bertz CT molecular complexity index is 144. The van der Waals surface area contributed by atoms with Crippen LogP contribution in [0.1, 0.15) is 32.6 Å². The summed E-state index contributed by atoms with van der Waals surface area (Å²) in [5, 5.41) is 8.89. The molecular weight excluding hydrogens is 255 g/mol. The number of allylic oxidation sites excluding steroid dienone is 4. The SMILES string of the molecule is C1=CCCC=CCC1.CC(=O)[O-].[Rh+2]. The Morgan fingerprint density at radius 3 is 1.31 bits per heavy atom. The minimum Gasteiger partial charge on any atom is -0.550 e. The Hall–Kier alpha value is -0.427. The first-order valence-electron chi connectivity index (χ1n) is 4.21. The Labute approximate surface area is 92.5 Å². The Kier molecular flexibility index (Phi) is 13.4. The average Bonchev–Trinajstić information content (AvgIpc) is 1.82. The molecule has 0 saturated heterocycles. The summed E-state index contributed by atoms with van der Waals surface area (Å²) >= 11 is 0. The van der Waals surface area contributed by atoms with Gasteiger partial charge in [0.05, 0.1) is 0 Å². The molecule has 13 heavy (non-hydrogen) atoms. The largest absolute Gasteiger partial charge is 2.00 e. The van der Waals surface area contributed by atoms with E-state index in [9.17, 15) is 0 Å². The molecule has 3 heteroatoms. The van der Waals surface area contributed by atoms with Crippen LogP contribution in [0.3, 0.4) is 0 Å². The van der Waals surface area contributed by atoms with Gasteiger partial charge in [0, 0.05) is 5.97 Å². The van der Waals surface area contributed by atoms with Gasteiger partial charge in [-0.25, -0.2) is 0 Å². The summed E-state index contributed by atoms with van der Waals surface area (Å²) in [5.41, 5.74) is 0. The van der Waals surface area contributed by atoms with Crippen LogP contribution in [0.2, 0.25) is 0 Å². The van der Waals surface area contributed by atoms with Crippen LogP contribution in [0.5, 0.6) is 0 Å². The van der Waals surface area contributed by atoms with Crippen LogP contribution < -0.4 is 5.11 Å². The molecule has 0 bridgehead atoms. The number of aliphatic carboxylic acids is 1. The smallest absolute Gasteiger partial charge is 0.550 e. The van der Waals surface area contributed by atoms with Gasteiger partial charge in [-0.05, 0) is 32.6 Å². The zero-order valence-corrected chi connectivity index (χ0v) is 9.43. The number of carboxylic acid groups (broad SMARTS) is 1. The third-order valence-corrected chi connectivity index (χ3v) is 1.33. The van der Waals surface area contributed by atoms with E-state index >= 15 is 0 Å². The molecule has 1 aliphatic rings. The van der Waals surface area contributed by atoms with Crippen molar-refractivity contribution < 1.29 is 29.4 Å². The summed E-state index contributed by atoms with van der Waals surface area (Å²) in [5.74, 6) is -1.08. The molecule has 75 valence electrons. The molecule has 0 aromatic carbocycles. The maximum atomic E-state index is 8.89. The molecule has 0 fully saturated rings. The van der Waals surface area contributed by atoms with Crippen molar-refractivity contribution in [3.05, 3.63) is 24.3 Å². The minimum atomic E-state index is -1.08. The summed E-state index contributed by atoms with van der Waals surface area (Å²) in [4.78, 5) is 8.89. The van der Waals surface area contributed by atoms with Crippen LogP contribution in [0, 0.1) is 0 Å². The van der Waals surface area contributed by atoms with Gasteiger partial charge < -0.3 is 9.90 Å². The van der Waals surface area contributed by atoms with Gasteiger partial charge >= 0.3 is 19.5 Å². The van der Waals surface area contributed by atoms with Crippen molar-refractivity contribution in [1.29, 1.82) is 0 Å². The minimum absolute atomic E-state index is 0. The Balaban J connectivity index is 0. The van der Waals surface area contributed by atoms with Crippen molar-refractivity contribution in [3.63, 3.8) is 0 Å². The molecule has 0 aliphatic heterocycles. The molecular formula is C10H15O2Rh+. The van der Waals surface area contributed by atoms with Crippen LogP contribution in [-0.4, -0.2) is 5.97 Å². The second-order valence-electron chi connectivity index (χ2n) is 2.59. The summed E-state index contributed by atoms with van der Waals surface area (Å²) in [6.07, 6.45) is 14.0. The topological polar surface area (TPSA) is 40.1 Å². The van der Waals surface area contributed by atoms with E-state index in [0.29, 0.717) is 0 Å². The first-order valence-corrected chi connectivity index (χ1v) is 4.21. The number of hydrogen-bond acceptors (Lipinski definition) is 2. The normalized spacial score (nSPS) is 14.2. The van der Waals surface area contributed by atoms with Gasteiger partial charge in [0.25, 0.3) is 0 Å². The predicted octanol–water partition coefficient (Wildman–Crippen LogP) is 1.43. The van der Waals surface area contributed by atoms with E-state index in [2.05, 4.69) is 24.3 Å². The van der Waals surface area contributed by atoms with Crippen molar-refractivity contribution in [2.24, 2.45) is 0 Å². The molecule has 0 spiro atoms. The van der Waals surface area contributed by atoms with Gasteiger partial charge in [-0.15, -0.1) is 0 Å². The molecule has 1 aliphatic carbocycles. The zero-order chi connectivity index (χ0) is 9.23. The van der Waals surface area contributed by atoms with E-state index in [1.54, 1.807) is 0 Å². The second kappa shape index (κ2) is 11.6. The predicted molar refractivity (Wildman–Crippen MR) is 47.4 cm³/mol. The maximum Gasteiger partial charge on any atom is 2.00 e. The maximum absolute atomic E-state index is 8.89. The average molecular weight is 270 g/mol. The molecule has 2 nitrogen and oxygen atoms in total. The van der Waals surface area contributed by atoms with Gasteiger partial charge in [-0.3, -0.25) is 0 Å². The van der Waals surface area contributed by atoms with Crippen molar-refractivity contribution in [2.45, 2.75) is 32.6 Å². The fourth-order valence-corrected chi connectivity index (χ4v) is 0.856. The molecule has 0 aromatic rings. The van der Waals surface area contributed by atoms with Crippen LogP contribution in [-0.2, 0) is 24.3 Å². The molecule has 0 aromatic heterocycles. The van der Waals surface area contributed by atoms with E-state index in [1.807, 2.05) is 0 Å². The number of hydrogen-bond donors (Lipinski definition) is 0. The fraction of sp³-hybridized carbons (Fsp3) is 0.500. The van der Waals surface area contributed by atoms with Crippen molar-refractivity contribution in [2.75, 3.05) is 0 Å². The molecule has 1 radical (unpaired) electrons. The number of carbonyl (C=O) groups is 1. The second-order valence-corrected chi connectivity index (χ2v) is 2.59. The first-order chi connectivity index (χ1) is 5.73. The van der Waals surface area contributed by atoms with E-state index in [4.69, 9.17) is 9.90 Å². The summed E-state index contributed by atoms with van der Waals surface area (Å²) < 4.78 is 0. The summed E-state index contributed by atoms with van der Waals surface area (Å²) in [6, 6.07) is 0. The molecule has 0 unspecified atom stereocenters. The Morgan fingerprint density at radius 1 is 1.00 bits per heavy atom. The molecule has 0 atom stereocenters. The van der Waals surface area contributed by atoms with E-state index < -0.39 is 5.97 Å². The zero-order valence-electron chi connectivity index (χ0n) is 7.79. The quantitative estimate of drug-likeness (QED) is 0.493. The standard InChI is InChI=1S/C8H12.C2H4O2.Rh/c1-2-4-6-8-7-5-3-1;1-2(3)4;/h1-2,7-8H,3-6H2;1H3,(H,3,4);/q;;+2/p-1. The van der Waals surface area contributed by atoms with E-state index in [-0.39, 0.29) is 19.5 Å². The number of carboxylic acids is 1. The van der Waals surface area contributed by atoms with Crippen LogP contribution in [0.4, 0.5) is 0 Å². The van der Waals surface area contributed by atoms with Crippen LogP contribution >= 0.6 is 0 Å². The van der Waals surface area contributed by atoms with Gasteiger partial charge in [-0.2, -0.15) is 0 Å². The van der Waals surface area contributed by atoms with Crippen molar-refractivity contribution in [3.8, 4) is 0 Å². The first kappa shape index (κ1) is 15.1. The molecule has 0 saturated carbocycles.